The lowest BCUT2D eigenvalue weighted by molar-refractivity contribution is -0.129. The summed E-state index contributed by atoms with van der Waals surface area (Å²) in [6.45, 7) is 8.75. The molecule has 0 spiro atoms. The fourth-order valence-electron chi connectivity index (χ4n) is 4.35. The van der Waals surface area contributed by atoms with Gasteiger partial charge in [0.2, 0.25) is 0 Å². The van der Waals surface area contributed by atoms with E-state index in [0.29, 0.717) is 5.78 Å². The Bertz CT molecular complexity index is 399. The zero-order valence-corrected chi connectivity index (χ0v) is 11.7. The summed E-state index contributed by atoms with van der Waals surface area (Å²) in [5, 5.41) is 0. The zero-order valence-electron chi connectivity index (χ0n) is 11.7. The molecule has 17 heavy (non-hydrogen) atoms. The smallest absolute Gasteiger partial charge is 0.139 e. The first-order valence-electron chi connectivity index (χ1n) is 6.83. The molecule has 0 amide bonds. The lowest BCUT2D eigenvalue weighted by atomic mass is 9.58. The molecule has 0 N–H and O–H groups in total. The van der Waals surface area contributed by atoms with E-state index in [1.165, 1.54) is 19.3 Å². The maximum absolute atomic E-state index is 12.5. The molecule has 0 unspecified atom stereocenters. The highest BCUT2D eigenvalue weighted by Crippen LogP contribution is 2.69. The van der Waals surface area contributed by atoms with E-state index in [2.05, 4.69) is 32.6 Å². The second-order valence-corrected chi connectivity index (χ2v) is 6.61. The molecule has 2 aliphatic carbocycles. The van der Waals surface area contributed by atoms with Gasteiger partial charge < -0.3 is 0 Å². The Balaban J connectivity index is 2.31. The van der Waals surface area contributed by atoms with Gasteiger partial charge in [0, 0.05) is 18.3 Å². The van der Waals surface area contributed by atoms with Crippen LogP contribution < -0.4 is 0 Å². The number of carbonyl (C=O) groups is 1. The first-order valence-corrected chi connectivity index (χ1v) is 6.83. The number of ketones is 1. The van der Waals surface area contributed by atoms with Crippen molar-refractivity contribution in [3.8, 4) is 11.8 Å². The molecule has 0 heterocycles. The minimum atomic E-state index is -0.137. The normalized spacial score (nSPS) is 44.4. The van der Waals surface area contributed by atoms with Crippen molar-refractivity contribution in [1.29, 1.82) is 0 Å². The van der Waals surface area contributed by atoms with E-state index in [1.54, 1.807) is 0 Å². The molecule has 1 heteroatoms. The number of hydrogen-bond acceptors (Lipinski definition) is 1. The lowest BCUT2D eigenvalue weighted by Gasteiger charge is -2.44. The SMILES string of the molecule is CC#CCC[C@]1(C)C(=O)C[C@]2(C)CCC[C@@]21C. The van der Waals surface area contributed by atoms with Crippen molar-refractivity contribution in [1.82, 2.24) is 0 Å². The molecular formula is C16H24O. The first-order chi connectivity index (χ1) is 7.90. The predicted molar refractivity (Wildman–Crippen MR) is 70.5 cm³/mol. The highest BCUT2D eigenvalue weighted by Gasteiger charge is 2.66. The number of carbonyl (C=O) groups excluding carboxylic acids is 1. The van der Waals surface area contributed by atoms with E-state index in [4.69, 9.17) is 0 Å². The molecule has 94 valence electrons. The van der Waals surface area contributed by atoms with Crippen LogP contribution in [0, 0.1) is 28.1 Å². The number of Topliss-reactive ketones (excluding diaryl/α,β-unsaturated/α-hetero) is 1. The molecule has 0 radical (unpaired) electrons. The van der Waals surface area contributed by atoms with Gasteiger partial charge in [-0.15, -0.1) is 11.8 Å². The van der Waals surface area contributed by atoms with Gasteiger partial charge in [-0.05, 0) is 37.0 Å². The summed E-state index contributed by atoms with van der Waals surface area (Å²) in [5.74, 6) is 6.56. The van der Waals surface area contributed by atoms with Gasteiger partial charge in [0.1, 0.15) is 5.78 Å². The third-order valence-electron chi connectivity index (χ3n) is 6.05. The van der Waals surface area contributed by atoms with Crippen molar-refractivity contribution < 1.29 is 4.79 Å². The van der Waals surface area contributed by atoms with E-state index in [-0.39, 0.29) is 16.2 Å². The Hall–Kier alpha value is -0.770. The van der Waals surface area contributed by atoms with E-state index in [0.717, 1.165) is 19.3 Å². The zero-order chi connectivity index (χ0) is 12.7. The molecule has 0 aliphatic heterocycles. The third kappa shape index (κ3) is 1.49. The monoisotopic (exact) mass is 232 g/mol. The summed E-state index contributed by atoms with van der Waals surface area (Å²) in [6.07, 6.45) is 6.33. The van der Waals surface area contributed by atoms with Crippen LogP contribution in [0.2, 0.25) is 0 Å². The molecule has 1 nitrogen and oxygen atoms in total. The molecule has 0 aromatic rings. The van der Waals surface area contributed by atoms with E-state index >= 15 is 0 Å². The molecule has 2 saturated carbocycles. The Morgan fingerprint density at radius 1 is 1.24 bits per heavy atom. The van der Waals surface area contributed by atoms with E-state index in [9.17, 15) is 4.79 Å². The van der Waals surface area contributed by atoms with Gasteiger partial charge in [0.25, 0.3) is 0 Å². The van der Waals surface area contributed by atoms with Gasteiger partial charge >= 0.3 is 0 Å². The summed E-state index contributed by atoms with van der Waals surface area (Å²) in [6, 6.07) is 0. The van der Waals surface area contributed by atoms with Gasteiger partial charge in [-0.3, -0.25) is 4.79 Å². The van der Waals surface area contributed by atoms with Crippen LogP contribution in [0.3, 0.4) is 0 Å². The fraction of sp³-hybridized carbons (Fsp3) is 0.812. The highest BCUT2D eigenvalue weighted by atomic mass is 16.1. The average Bonchev–Trinajstić information content (AvgIpc) is 2.62. The quantitative estimate of drug-likeness (QED) is 0.658. The van der Waals surface area contributed by atoms with Crippen molar-refractivity contribution in [2.75, 3.05) is 0 Å². The Kier molecular flexibility index (Phi) is 2.89. The summed E-state index contributed by atoms with van der Waals surface area (Å²) in [4.78, 5) is 12.5. The van der Waals surface area contributed by atoms with Crippen LogP contribution in [0.1, 0.15) is 66.2 Å². The molecular weight excluding hydrogens is 208 g/mol. The van der Waals surface area contributed by atoms with Gasteiger partial charge in [0.05, 0.1) is 0 Å². The fourth-order valence-corrected chi connectivity index (χ4v) is 4.35. The molecule has 2 fully saturated rings. The second kappa shape index (κ2) is 3.87. The van der Waals surface area contributed by atoms with Crippen molar-refractivity contribution >= 4 is 5.78 Å². The molecule has 0 aromatic heterocycles. The first kappa shape index (κ1) is 12.7. The summed E-state index contributed by atoms with van der Waals surface area (Å²) in [7, 11) is 0. The average molecular weight is 232 g/mol. The Labute approximate surface area is 105 Å². The van der Waals surface area contributed by atoms with Crippen molar-refractivity contribution in [3.05, 3.63) is 0 Å². The second-order valence-electron chi connectivity index (χ2n) is 6.61. The molecule has 0 saturated heterocycles. The molecule has 3 atom stereocenters. The van der Waals surface area contributed by atoms with Crippen LogP contribution in [-0.4, -0.2) is 5.78 Å². The van der Waals surface area contributed by atoms with Crippen LogP contribution >= 0.6 is 0 Å². The number of hydrogen-bond donors (Lipinski definition) is 0. The van der Waals surface area contributed by atoms with Gasteiger partial charge in [-0.1, -0.05) is 27.2 Å². The van der Waals surface area contributed by atoms with Crippen molar-refractivity contribution in [2.24, 2.45) is 16.2 Å². The van der Waals surface area contributed by atoms with Crippen LogP contribution in [0.4, 0.5) is 0 Å². The highest BCUT2D eigenvalue weighted by molar-refractivity contribution is 5.89. The number of fused-ring (bicyclic) bond motifs is 1. The molecule has 2 rings (SSSR count). The van der Waals surface area contributed by atoms with Crippen LogP contribution in [0.15, 0.2) is 0 Å². The topological polar surface area (TPSA) is 17.1 Å². The van der Waals surface area contributed by atoms with E-state index in [1.807, 2.05) is 6.92 Å². The van der Waals surface area contributed by atoms with Gasteiger partial charge in [-0.2, -0.15) is 0 Å². The predicted octanol–water partition coefficient (Wildman–Crippen LogP) is 3.97. The maximum atomic E-state index is 12.5. The standard InChI is InChI=1S/C16H24O/c1-5-6-7-10-15(3)13(17)12-14(2)9-8-11-16(14,15)4/h7-12H2,1-4H3/t14-,15+,16-/m0/s1. The molecule has 2 aliphatic rings. The molecule has 0 bridgehead atoms. The minimum Gasteiger partial charge on any atom is -0.299 e. The largest absolute Gasteiger partial charge is 0.299 e. The lowest BCUT2D eigenvalue weighted by Crippen LogP contribution is -2.41. The Morgan fingerprint density at radius 3 is 2.59 bits per heavy atom. The van der Waals surface area contributed by atoms with Crippen molar-refractivity contribution in [2.45, 2.75) is 66.2 Å². The summed E-state index contributed by atoms with van der Waals surface area (Å²) < 4.78 is 0. The van der Waals surface area contributed by atoms with Crippen molar-refractivity contribution in [3.63, 3.8) is 0 Å². The van der Waals surface area contributed by atoms with Gasteiger partial charge in [0.15, 0.2) is 0 Å². The van der Waals surface area contributed by atoms with Crippen LogP contribution in [-0.2, 0) is 4.79 Å². The number of rotatable bonds is 2. The Morgan fingerprint density at radius 2 is 1.94 bits per heavy atom. The summed E-state index contributed by atoms with van der Waals surface area (Å²) in [5.41, 5.74) is 0.313. The molecule has 0 aromatic carbocycles. The van der Waals surface area contributed by atoms with Gasteiger partial charge in [-0.25, -0.2) is 0 Å². The minimum absolute atomic E-state index is 0.137. The summed E-state index contributed by atoms with van der Waals surface area (Å²) >= 11 is 0. The van der Waals surface area contributed by atoms with Crippen LogP contribution in [0.5, 0.6) is 0 Å². The third-order valence-corrected chi connectivity index (χ3v) is 6.05. The maximum Gasteiger partial charge on any atom is 0.139 e. The van der Waals surface area contributed by atoms with Crippen LogP contribution in [0.25, 0.3) is 0 Å². The van der Waals surface area contributed by atoms with E-state index < -0.39 is 0 Å².